The predicted octanol–water partition coefficient (Wildman–Crippen LogP) is 3.20. The van der Waals surface area contributed by atoms with Gasteiger partial charge in [-0.25, -0.2) is 0 Å². The minimum absolute atomic E-state index is 0.110. The van der Waals surface area contributed by atoms with E-state index in [-0.39, 0.29) is 22.9 Å². The zero-order chi connectivity index (χ0) is 17.3. The molecule has 134 valence electrons. The molecule has 8 atom stereocenters. The second kappa shape index (κ2) is 5.18. The molecule has 4 aliphatic rings. The Morgan fingerprint density at radius 2 is 1.79 bits per heavy atom. The van der Waals surface area contributed by atoms with Gasteiger partial charge in [0.1, 0.15) is 0 Å². The van der Waals surface area contributed by atoms with Crippen molar-refractivity contribution >= 4 is 0 Å². The van der Waals surface area contributed by atoms with Crippen molar-refractivity contribution in [2.45, 2.75) is 76.6 Å². The van der Waals surface area contributed by atoms with Crippen LogP contribution in [0.2, 0.25) is 0 Å². The van der Waals surface area contributed by atoms with Gasteiger partial charge in [-0.2, -0.15) is 0 Å². The number of aliphatic hydroxyl groups is 3. The SMILES string of the molecule is C=CC1(O)CC[C@H]2[C@@H]3C(O)C=C4CC(O)CC[C@]4(C)[C@@H]3CC[C@@]21C. The van der Waals surface area contributed by atoms with Gasteiger partial charge in [-0.1, -0.05) is 31.6 Å². The van der Waals surface area contributed by atoms with Crippen molar-refractivity contribution in [3.63, 3.8) is 0 Å². The summed E-state index contributed by atoms with van der Waals surface area (Å²) in [4.78, 5) is 0. The van der Waals surface area contributed by atoms with Crippen LogP contribution in [0.1, 0.15) is 58.8 Å². The third-order valence-electron chi connectivity index (χ3n) is 8.66. The molecule has 3 unspecified atom stereocenters. The lowest BCUT2D eigenvalue weighted by Crippen LogP contribution is -2.57. The molecular weight excluding hydrogens is 300 g/mol. The van der Waals surface area contributed by atoms with Crippen molar-refractivity contribution in [3.05, 3.63) is 24.3 Å². The van der Waals surface area contributed by atoms with Crippen molar-refractivity contribution in [2.24, 2.45) is 28.6 Å². The summed E-state index contributed by atoms with van der Waals surface area (Å²) in [5, 5.41) is 32.2. The van der Waals surface area contributed by atoms with E-state index in [9.17, 15) is 15.3 Å². The van der Waals surface area contributed by atoms with Crippen molar-refractivity contribution in [1.29, 1.82) is 0 Å². The number of rotatable bonds is 1. The standard InChI is InChI=1S/C21H32O3/c1-4-21(24)10-7-16-18-15(6-9-20(16,21)3)19(2)8-5-14(22)11-13(19)12-17(18)23/h4,12,14-18,22-24H,1,5-11H2,2-3H3/t14?,15-,16+,17?,18-,19+,20+,21?/m1/s1. The second-order valence-electron chi connectivity index (χ2n) is 9.41. The Morgan fingerprint density at radius 3 is 2.50 bits per heavy atom. The summed E-state index contributed by atoms with van der Waals surface area (Å²) >= 11 is 0. The van der Waals surface area contributed by atoms with Crippen molar-refractivity contribution in [3.8, 4) is 0 Å². The second-order valence-corrected chi connectivity index (χ2v) is 9.41. The first kappa shape index (κ1) is 16.8. The van der Waals surface area contributed by atoms with E-state index in [4.69, 9.17) is 0 Å². The summed E-state index contributed by atoms with van der Waals surface area (Å²) in [5.41, 5.74) is 0.415. The van der Waals surface area contributed by atoms with E-state index in [0.29, 0.717) is 11.8 Å². The van der Waals surface area contributed by atoms with Crippen LogP contribution in [0.5, 0.6) is 0 Å². The smallest absolute Gasteiger partial charge is 0.0881 e. The highest BCUT2D eigenvalue weighted by atomic mass is 16.3. The van der Waals surface area contributed by atoms with Crippen LogP contribution < -0.4 is 0 Å². The third-order valence-corrected chi connectivity index (χ3v) is 8.66. The summed E-state index contributed by atoms with van der Waals surface area (Å²) in [5.74, 6) is 1.03. The first-order chi connectivity index (χ1) is 11.2. The Hall–Kier alpha value is -0.640. The van der Waals surface area contributed by atoms with Crippen LogP contribution in [0.15, 0.2) is 24.3 Å². The molecule has 3 fully saturated rings. The molecule has 0 aromatic carbocycles. The predicted molar refractivity (Wildman–Crippen MR) is 94.2 cm³/mol. The Kier molecular flexibility index (Phi) is 3.63. The number of hydrogen-bond donors (Lipinski definition) is 3. The summed E-state index contributed by atoms with van der Waals surface area (Å²) in [6, 6.07) is 0. The van der Waals surface area contributed by atoms with Crippen LogP contribution in [-0.4, -0.2) is 33.1 Å². The molecule has 3 saturated carbocycles. The molecule has 0 bridgehead atoms. The minimum Gasteiger partial charge on any atom is -0.393 e. The Morgan fingerprint density at radius 1 is 1.08 bits per heavy atom. The Bertz CT molecular complexity index is 584. The fraction of sp³-hybridized carbons (Fsp3) is 0.810. The number of aliphatic hydroxyl groups excluding tert-OH is 2. The Balaban J connectivity index is 1.74. The average Bonchev–Trinajstić information content (AvgIpc) is 2.82. The number of hydrogen-bond acceptors (Lipinski definition) is 3. The fourth-order valence-corrected chi connectivity index (χ4v) is 7.02. The lowest BCUT2D eigenvalue weighted by Gasteiger charge is -2.59. The average molecular weight is 332 g/mol. The van der Waals surface area contributed by atoms with Crippen LogP contribution in [0.25, 0.3) is 0 Å². The van der Waals surface area contributed by atoms with E-state index < -0.39 is 11.7 Å². The van der Waals surface area contributed by atoms with Gasteiger partial charge in [0.05, 0.1) is 17.8 Å². The fourth-order valence-electron chi connectivity index (χ4n) is 7.02. The highest BCUT2D eigenvalue weighted by molar-refractivity contribution is 5.29. The summed E-state index contributed by atoms with van der Waals surface area (Å²) < 4.78 is 0. The van der Waals surface area contributed by atoms with E-state index >= 15 is 0 Å². The van der Waals surface area contributed by atoms with Crippen molar-refractivity contribution < 1.29 is 15.3 Å². The first-order valence-electron chi connectivity index (χ1n) is 9.68. The molecule has 0 spiro atoms. The van der Waals surface area contributed by atoms with Gasteiger partial charge in [0.15, 0.2) is 0 Å². The molecule has 4 aliphatic carbocycles. The molecule has 0 aliphatic heterocycles. The van der Waals surface area contributed by atoms with E-state index in [2.05, 4.69) is 26.5 Å². The third kappa shape index (κ3) is 1.95. The van der Waals surface area contributed by atoms with E-state index in [1.54, 1.807) is 6.08 Å². The van der Waals surface area contributed by atoms with Crippen LogP contribution in [0, 0.1) is 28.6 Å². The molecule has 0 saturated heterocycles. The van der Waals surface area contributed by atoms with Gasteiger partial charge >= 0.3 is 0 Å². The largest absolute Gasteiger partial charge is 0.393 e. The maximum absolute atomic E-state index is 11.1. The molecule has 3 nitrogen and oxygen atoms in total. The van der Waals surface area contributed by atoms with Gasteiger partial charge in [0, 0.05) is 5.41 Å². The molecule has 0 aromatic rings. The van der Waals surface area contributed by atoms with Crippen LogP contribution >= 0.6 is 0 Å². The van der Waals surface area contributed by atoms with Gasteiger partial charge in [-0.3, -0.25) is 0 Å². The maximum Gasteiger partial charge on any atom is 0.0881 e. The van der Waals surface area contributed by atoms with Gasteiger partial charge < -0.3 is 15.3 Å². The number of fused-ring (bicyclic) bond motifs is 5. The van der Waals surface area contributed by atoms with Crippen LogP contribution in [-0.2, 0) is 0 Å². The molecular formula is C21H32O3. The summed E-state index contributed by atoms with van der Waals surface area (Å²) in [6.07, 6.45) is 9.50. The van der Waals surface area contributed by atoms with Crippen LogP contribution in [0.4, 0.5) is 0 Å². The first-order valence-corrected chi connectivity index (χ1v) is 9.68. The quantitative estimate of drug-likeness (QED) is 0.646. The molecule has 3 N–H and O–H groups in total. The van der Waals surface area contributed by atoms with Gasteiger partial charge in [-0.15, -0.1) is 6.58 Å². The highest BCUT2D eigenvalue weighted by Crippen LogP contribution is 2.67. The van der Waals surface area contributed by atoms with Gasteiger partial charge in [-0.05, 0) is 68.1 Å². The van der Waals surface area contributed by atoms with Gasteiger partial charge in [0.25, 0.3) is 0 Å². The molecule has 4 rings (SSSR count). The summed E-state index contributed by atoms with van der Waals surface area (Å²) in [6.45, 7) is 8.47. The zero-order valence-electron chi connectivity index (χ0n) is 15.0. The zero-order valence-corrected chi connectivity index (χ0v) is 15.0. The highest BCUT2D eigenvalue weighted by Gasteiger charge is 2.64. The topological polar surface area (TPSA) is 60.7 Å². The molecule has 0 aromatic heterocycles. The lowest BCUT2D eigenvalue weighted by molar-refractivity contribution is -0.126. The molecule has 0 amide bonds. The van der Waals surface area contributed by atoms with E-state index in [0.717, 1.165) is 44.9 Å². The molecule has 3 heteroatoms. The van der Waals surface area contributed by atoms with E-state index in [1.165, 1.54) is 5.57 Å². The van der Waals surface area contributed by atoms with Crippen molar-refractivity contribution in [2.75, 3.05) is 0 Å². The molecule has 0 heterocycles. The van der Waals surface area contributed by atoms with Crippen LogP contribution in [0.3, 0.4) is 0 Å². The molecule has 24 heavy (non-hydrogen) atoms. The summed E-state index contributed by atoms with van der Waals surface area (Å²) in [7, 11) is 0. The minimum atomic E-state index is -0.796. The monoisotopic (exact) mass is 332 g/mol. The maximum atomic E-state index is 11.1. The lowest BCUT2D eigenvalue weighted by atomic mass is 9.46. The Labute approximate surface area is 145 Å². The van der Waals surface area contributed by atoms with Crippen molar-refractivity contribution in [1.82, 2.24) is 0 Å². The normalized spacial score (nSPS) is 56.7. The van der Waals surface area contributed by atoms with E-state index in [1.807, 2.05) is 0 Å². The molecule has 0 radical (unpaired) electrons. The van der Waals surface area contributed by atoms with Gasteiger partial charge in [0.2, 0.25) is 0 Å².